The van der Waals surface area contributed by atoms with E-state index in [9.17, 15) is 9.59 Å². The minimum Gasteiger partial charge on any atom is -0.477 e. The Hall–Kier alpha value is -2.13. The van der Waals surface area contributed by atoms with E-state index < -0.39 is 17.4 Å². The van der Waals surface area contributed by atoms with Crippen LogP contribution in [0.15, 0.2) is 28.2 Å². The van der Waals surface area contributed by atoms with E-state index in [1.54, 1.807) is 18.2 Å². The number of benzene rings is 1. The molecule has 0 fully saturated rings. The standard InChI is InChI=1S/C11H5BrN2O3/c12-5-1-2-8-6(3-5)9(10(15)14-8)7(4-13)11(16)17/h1-3H,(H,14,15)(H,16,17). The summed E-state index contributed by atoms with van der Waals surface area (Å²) < 4.78 is 0.702. The first-order valence-corrected chi connectivity index (χ1v) is 5.33. The largest absolute Gasteiger partial charge is 0.477 e. The molecule has 1 heterocycles. The van der Waals surface area contributed by atoms with Gasteiger partial charge in [0.25, 0.3) is 5.91 Å². The number of amides is 1. The summed E-state index contributed by atoms with van der Waals surface area (Å²) in [5, 5.41) is 20.2. The molecule has 6 heteroatoms. The summed E-state index contributed by atoms with van der Waals surface area (Å²) in [5.74, 6) is -1.98. The number of rotatable bonds is 1. The van der Waals surface area contributed by atoms with Gasteiger partial charge in [0.2, 0.25) is 0 Å². The number of hydrogen-bond donors (Lipinski definition) is 2. The van der Waals surface area contributed by atoms with Crippen LogP contribution in [-0.2, 0) is 9.59 Å². The van der Waals surface area contributed by atoms with E-state index in [1.165, 1.54) is 6.07 Å². The number of nitrogens with one attached hydrogen (secondary N) is 1. The van der Waals surface area contributed by atoms with Crippen molar-refractivity contribution in [3.8, 4) is 6.07 Å². The van der Waals surface area contributed by atoms with Crippen LogP contribution in [0.25, 0.3) is 5.57 Å². The summed E-state index contributed by atoms with van der Waals surface area (Å²) in [6, 6.07) is 6.50. The monoisotopic (exact) mass is 292 g/mol. The van der Waals surface area contributed by atoms with Crippen molar-refractivity contribution in [3.63, 3.8) is 0 Å². The van der Waals surface area contributed by atoms with Gasteiger partial charge in [-0.1, -0.05) is 15.9 Å². The number of halogens is 1. The van der Waals surface area contributed by atoms with Crippen molar-refractivity contribution in [1.82, 2.24) is 0 Å². The maximum absolute atomic E-state index is 11.6. The summed E-state index contributed by atoms with van der Waals surface area (Å²) in [6.45, 7) is 0. The molecule has 1 aliphatic rings. The van der Waals surface area contributed by atoms with Crippen LogP contribution in [0, 0.1) is 11.3 Å². The molecule has 0 aromatic heterocycles. The van der Waals surface area contributed by atoms with E-state index >= 15 is 0 Å². The molecule has 17 heavy (non-hydrogen) atoms. The van der Waals surface area contributed by atoms with Crippen molar-refractivity contribution in [2.24, 2.45) is 0 Å². The van der Waals surface area contributed by atoms with Crippen molar-refractivity contribution < 1.29 is 14.7 Å². The number of carboxylic acids is 1. The van der Waals surface area contributed by atoms with E-state index in [-0.39, 0.29) is 5.57 Å². The second-order valence-electron chi connectivity index (χ2n) is 3.31. The smallest absolute Gasteiger partial charge is 0.347 e. The van der Waals surface area contributed by atoms with Crippen LogP contribution in [0.3, 0.4) is 0 Å². The first-order chi connectivity index (χ1) is 8.04. The van der Waals surface area contributed by atoms with Gasteiger partial charge in [-0.2, -0.15) is 5.26 Å². The Bertz CT molecular complexity index is 614. The van der Waals surface area contributed by atoms with Crippen molar-refractivity contribution in [1.29, 1.82) is 5.26 Å². The highest BCUT2D eigenvalue weighted by Gasteiger charge is 2.30. The van der Waals surface area contributed by atoms with Crippen LogP contribution in [0.5, 0.6) is 0 Å². The minimum atomic E-state index is -1.41. The molecule has 2 N–H and O–H groups in total. The van der Waals surface area contributed by atoms with E-state index in [4.69, 9.17) is 10.4 Å². The molecule has 5 nitrogen and oxygen atoms in total. The zero-order chi connectivity index (χ0) is 12.6. The molecule has 1 amide bonds. The van der Waals surface area contributed by atoms with E-state index in [0.717, 1.165) is 0 Å². The molecule has 1 aromatic carbocycles. The highest BCUT2D eigenvalue weighted by Crippen LogP contribution is 2.35. The average molecular weight is 293 g/mol. The Labute approximate surface area is 104 Å². The molecule has 0 saturated heterocycles. The molecule has 0 saturated carbocycles. The van der Waals surface area contributed by atoms with Gasteiger partial charge in [0.1, 0.15) is 6.07 Å². The maximum atomic E-state index is 11.6. The number of anilines is 1. The van der Waals surface area contributed by atoms with Crippen LogP contribution in [0.4, 0.5) is 5.69 Å². The van der Waals surface area contributed by atoms with Gasteiger partial charge in [-0.05, 0) is 18.2 Å². The molecule has 0 atom stereocenters. The molecule has 0 aliphatic carbocycles. The molecule has 0 bridgehead atoms. The van der Waals surface area contributed by atoms with Gasteiger partial charge in [-0.15, -0.1) is 0 Å². The third kappa shape index (κ3) is 1.81. The third-order valence-corrected chi connectivity index (χ3v) is 2.80. The van der Waals surface area contributed by atoms with Gasteiger partial charge >= 0.3 is 5.97 Å². The number of aliphatic carboxylic acids is 1. The number of fused-ring (bicyclic) bond motifs is 1. The van der Waals surface area contributed by atoms with E-state index in [0.29, 0.717) is 15.7 Å². The fourth-order valence-electron chi connectivity index (χ4n) is 1.60. The lowest BCUT2D eigenvalue weighted by atomic mass is 10.0. The van der Waals surface area contributed by atoms with Crippen molar-refractivity contribution in [2.45, 2.75) is 0 Å². The second-order valence-corrected chi connectivity index (χ2v) is 4.23. The fourth-order valence-corrected chi connectivity index (χ4v) is 1.96. The first-order valence-electron chi connectivity index (χ1n) is 4.53. The van der Waals surface area contributed by atoms with Crippen molar-refractivity contribution >= 4 is 39.1 Å². The number of carbonyl (C=O) groups excluding carboxylic acids is 1. The maximum Gasteiger partial charge on any atom is 0.347 e. The van der Waals surface area contributed by atoms with Crippen LogP contribution in [0.1, 0.15) is 5.56 Å². The lowest BCUT2D eigenvalue weighted by molar-refractivity contribution is -0.132. The minimum absolute atomic E-state index is 0.101. The summed E-state index contributed by atoms with van der Waals surface area (Å²) in [7, 11) is 0. The highest BCUT2D eigenvalue weighted by atomic mass is 79.9. The molecule has 84 valence electrons. The van der Waals surface area contributed by atoms with Gasteiger partial charge in [0, 0.05) is 15.7 Å². The Morgan fingerprint density at radius 1 is 1.47 bits per heavy atom. The summed E-state index contributed by atoms with van der Waals surface area (Å²) >= 11 is 3.23. The molecular formula is C11H5BrN2O3. The predicted octanol–water partition coefficient (Wildman–Crippen LogP) is 1.76. The zero-order valence-electron chi connectivity index (χ0n) is 8.32. The number of nitrogens with zero attached hydrogens (tertiary/aromatic N) is 1. The summed E-state index contributed by atoms with van der Waals surface area (Å²) in [4.78, 5) is 22.5. The lowest BCUT2D eigenvalue weighted by Gasteiger charge is -1.99. The topological polar surface area (TPSA) is 90.2 Å². The fraction of sp³-hybridized carbons (Fsp3) is 0. The molecule has 0 spiro atoms. The summed E-state index contributed by atoms with van der Waals surface area (Å²) in [6.07, 6.45) is 0. The summed E-state index contributed by atoms with van der Waals surface area (Å²) in [5.41, 5.74) is 0.265. The SMILES string of the molecule is N#CC(C(=O)O)=C1C(=O)Nc2ccc(Br)cc21. The third-order valence-electron chi connectivity index (χ3n) is 2.30. The molecule has 2 rings (SSSR count). The van der Waals surface area contributed by atoms with Crippen LogP contribution >= 0.6 is 15.9 Å². The van der Waals surface area contributed by atoms with Gasteiger partial charge in [-0.25, -0.2) is 4.79 Å². The zero-order valence-corrected chi connectivity index (χ0v) is 9.91. The van der Waals surface area contributed by atoms with E-state index in [1.807, 2.05) is 0 Å². The van der Waals surface area contributed by atoms with E-state index in [2.05, 4.69) is 21.2 Å². The Morgan fingerprint density at radius 2 is 2.18 bits per heavy atom. The molecule has 0 unspecified atom stereocenters. The lowest BCUT2D eigenvalue weighted by Crippen LogP contribution is -2.09. The number of carboxylic acid groups (broad SMARTS) is 1. The molecule has 0 radical (unpaired) electrons. The predicted molar refractivity (Wildman–Crippen MR) is 62.9 cm³/mol. The Kier molecular flexibility index (Phi) is 2.69. The number of nitriles is 1. The Balaban J connectivity index is 2.75. The first kappa shape index (κ1) is 11.4. The molecular weight excluding hydrogens is 288 g/mol. The highest BCUT2D eigenvalue weighted by molar-refractivity contribution is 9.10. The average Bonchev–Trinajstić information content (AvgIpc) is 2.56. The van der Waals surface area contributed by atoms with Crippen LogP contribution in [0.2, 0.25) is 0 Å². The normalized spacial score (nSPS) is 15.9. The van der Waals surface area contributed by atoms with Crippen LogP contribution < -0.4 is 5.32 Å². The van der Waals surface area contributed by atoms with Crippen molar-refractivity contribution in [3.05, 3.63) is 33.8 Å². The quantitative estimate of drug-likeness (QED) is 0.610. The number of hydrogen-bond acceptors (Lipinski definition) is 3. The number of carbonyl (C=O) groups is 2. The Morgan fingerprint density at radius 3 is 2.76 bits per heavy atom. The van der Waals surface area contributed by atoms with Gasteiger partial charge in [0.05, 0.1) is 5.57 Å². The van der Waals surface area contributed by atoms with Gasteiger partial charge < -0.3 is 10.4 Å². The van der Waals surface area contributed by atoms with Crippen molar-refractivity contribution in [2.75, 3.05) is 5.32 Å². The van der Waals surface area contributed by atoms with Gasteiger partial charge in [0.15, 0.2) is 5.57 Å². The van der Waals surface area contributed by atoms with Crippen LogP contribution in [-0.4, -0.2) is 17.0 Å². The molecule has 1 aromatic rings. The van der Waals surface area contributed by atoms with Gasteiger partial charge in [-0.3, -0.25) is 4.79 Å². The second kappa shape index (κ2) is 4.03. The molecule has 1 aliphatic heterocycles.